The van der Waals surface area contributed by atoms with Crippen molar-refractivity contribution in [3.63, 3.8) is 0 Å². The van der Waals surface area contributed by atoms with E-state index in [2.05, 4.69) is 30.4 Å². The molecular weight excluding hydrogens is 250 g/mol. The minimum Gasteiger partial charge on any atom is -0.491 e. The van der Waals surface area contributed by atoms with Gasteiger partial charge in [-0.25, -0.2) is 0 Å². The van der Waals surface area contributed by atoms with Crippen LogP contribution in [-0.2, 0) is 0 Å². The quantitative estimate of drug-likeness (QED) is 0.777. The fraction of sp³-hybridized carbons (Fsp3) is 0.412. The van der Waals surface area contributed by atoms with Crippen molar-refractivity contribution in [2.45, 2.75) is 25.8 Å². The van der Waals surface area contributed by atoms with Crippen molar-refractivity contribution in [1.29, 1.82) is 0 Å². The van der Waals surface area contributed by atoms with Crippen LogP contribution in [-0.4, -0.2) is 30.9 Å². The summed E-state index contributed by atoms with van der Waals surface area (Å²) in [5.74, 6) is 0.907. The lowest BCUT2D eigenvalue weighted by Crippen LogP contribution is -2.36. The summed E-state index contributed by atoms with van der Waals surface area (Å²) in [6, 6.07) is 14.5. The Bertz CT molecular complexity index is 522. The van der Waals surface area contributed by atoms with E-state index in [-0.39, 0.29) is 12.6 Å². The zero-order valence-electron chi connectivity index (χ0n) is 12.0. The Morgan fingerprint density at radius 3 is 2.75 bits per heavy atom. The summed E-state index contributed by atoms with van der Waals surface area (Å²) >= 11 is 0. The van der Waals surface area contributed by atoms with Gasteiger partial charge in [-0.05, 0) is 30.8 Å². The van der Waals surface area contributed by atoms with E-state index < -0.39 is 0 Å². The van der Waals surface area contributed by atoms with E-state index in [0.29, 0.717) is 13.0 Å². The van der Waals surface area contributed by atoms with Crippen LogP contribution in [0.4, 0.5) is 0 Å². The second-order valence-electron chi connectivity index (χ2n) is 4.95. The number of nitrogens with one attached hydrogen (secondary N) is 1. The van der Waals surface area contributed by atoms with Gasteiger partial charge >= 0.3 is 0 Å². The third-order valence-electron chi connectivity index (χ3n) is 3.35. The van der Waals surface area contributed by atoms with E-state index in [9.17, 15) is 0 Å². The summed E-state index contributed by atoms with van der Waals surface area (Å²) in [7, 11) is 0. The van der Waals surface area contributed by atoms with E-state index >= 15 is 0 Å². The van der Waals surface area contributed by atoms with Crippen LogP contribution in [0.25, 0.3) is 10.8 Å². The van der Waals surface area contributed by atoms with Gasteiger partial charge in [0.05, 0.1) is 0 Å². The molecule has 2 aromatic carbocycles. The average molecular weight is 273 g/mol. The van der Waals surface area contributed by atoms with Crippen LogP contribution in [0, 0.1) is 0 Å². The molecule has 0 aromatic heterocycles. The van der Waals surface area contributed by atoms with Gasteiger partial charge < -0.3 is 15.2 Å². The summed E-state index contributed by atoms with van der Waals surface area (Å²) in [5, 5.41) is 14.8. The van der Waals surface area contributed by atoms with Gasteiger partial charge in [-0.3, -0.25) is 0 Å². The SMILES string of the molecule is CCCNC(CCO)COc1cccc2ccccc12. The Morgan fingerprint density at radius 2 is 1.95 bits per heavy atom. The molecule has 0 radical (unpaired) electrons. The van der Waals surface area contributed by atoms with Crippen LogP contribution >= 0.6 is 0 Å². The molecule has 0 heterocycles. The molecule has 0 saturated carbocycles. The third-order valence-corrected chi connectivity index (χ3v) is 3.35. The molecule has 2 rings (SSSR count). The lowest BCUT2D eigenvalue weighted by molar-refractivity contribution is 0.215. The first-order chi connectivity index (χ1) is 9.85. The smallest absolute Gasteiger partial charge is 0.127 e. The normalized spacial score (nSPS) is 12.5. The summed E-state index contributed by atoms with van der Waals surface area (Å²) in [5.41, 5.74) is 0. The van der Waals surface area contributed by atoms with E-state index in [4.69, 9.17) is 9.84 Å². The lowest BCUT2D eigenvalue weighted by atomic mass is 10.1. The molecule has 0 aliphatic rings. The molecule has 3 nitrogen and oxygen atoms in total. The molecular formula is C17H23NO2. The van der Waals surface area contributed by atoms with E-state index in [0.717, 1.165) is 24.1 Å². The number of aliphatic hydroxyl groups excluding tert-OH is 1. The van der Waals surface area contributed by atoms with Crippen LogP contribution in [0.15, 0.2) is 42.5 Å². The second kappa shape index (κ2) is 7.88. The van der Waals surface area contributed by atoms with Crippen molar-refractivity contribution >= 4 is 10.8 Å². The van der Waals surface area contributed by atoms with Crippen LogP contribution in [0.2, 0.25) is 0 Å². The minimum absolute atomic E-state index is 0.181. The zero-order chi connectivity index (χ0) is 14.2. The van der Waals surface area contributed by atoms with Gasteiger partial charge in [0.2, 0.25) is 0 Å². The third kappa shape index (κ3) is 3.95. The molecule has 0 spiro atoms. The van der Waals surface area contributed by atoms with Gasteiger partial charge in [-0.1, -0.05) is 43.3 Å². The van der Waals surface area contributed by atoms with E-state index in [1.807, 2.05) is 24.3 Å². The fourth-order valence-electron chi connectivity index (χ4n) is 2.26. The monoisotopic (exact) mass is 273 g/mol. The molecule has 108 valence electrons. The molecule has 1 unspecified atom stereocenters. The van der Waals surface area contributed by atoms with Crippen molar-refractivity contribution in [1.82, 2.24) is 5.32 Å². The van der Waals surface area contributed by atoms with Crippen LogP contribution in [0.3, 0.4) is 0 Å². The number of fused-ring (bicyclic) bond motifs is 1. The number of aliphatic hydroxyl groups is 1. The van der Waals surface area contributed by atoms with Crippen molar-refractivity contribution in [2.75, 3.05) is 19.8 Å². The van der Waals surface area contributed by atoms with E-state index in [1.54, 1.807) is 0 Å². The van der Waals surface area contributed by atoms with Gasteiger partial charge in [0.1, 0.15) is 12.4 Å². The topological polar surface area (TPSA) is 41.5 Å². The molecule has 20 heavy (non-hydrogen) atoms. The van der Waals surface area contributed by atoms with Crippen molar-refractivity contribution < 1.29 is 9.84 Å². The molecule has 3 heteroatoms. The minimum atomic E-state index is 0.181. The van der Waals surface area contributed by atoms with Gasteiger partial charge in [-0.2, -0.15) is 0 Å². The Hall–Kier alpha value is -1.58. The number of hydrogen-bond acceptors (Lipinski definition) is 3. The van der Waals surface area contributed by atoms with Crippen molar-refractivity contribution in [3.05, 3.63) is 42.5 Å². The van der Waals surface area contributed by atoms with Crippen molar-refractivity contribution in [3.8, 4) is 5.75 Å². The van der Waals surface area contributed by atoms with Crippen LogP contribution in [0.5, 0.6) is 5.75 Å². The Labute approximate surface area is 120 Å². The molecule has 2 N–H and O–H groups in total. The average Bonchev–Trinajstić information content (AvgIpc) is 2.50. The standard InChI is InChI=1S/C17H23NO2/c1-2-11-18-15(10-12-19)13-20-17-9-5-7-14-6-3-4-8-16(14)17/h3-9,15,18-19H,2,10-13H2,1H3. The maximum atomic E-state index is 9.11. The largest absolute Gasteiger partial charge is 0.491 e. The predicted molar refractivity (Wildman–Crippen MR) is 83.2 cm³/mol. The molecule has 1 atom stereocenters. The Kier molecular flexibility index (Phi) is 5.84. The highest BCUT2D eigenvalue weighted by molar-refractivity contribution is 5.88. The Morgan fingerprint density at radius 1 is 1.15 bits per heavy atom. The first kappa shape index (κ1) is 14.8. The van der Waals surface area contributed by atoms with Gasteiger partial charge in [0, 0.05) is 18.0 Å². The van der Waals surface area contributed by atoms with E-state index in [1.165, 1.54) is 5.39 Å². The highest BCUT2D eigenvalue weighted by atomic mass is 16.5. The summed E-state index contributed by atoms with van der Waals surface area (Å²) < 4.78 is 5.96. The van der Waals surface area contributed by atoms with Crippen LogP contribution < -0.4 is 10.1 Å². The van der Waals surface area contributed by atoms with Gasteiger partial charge in [-0.15, -0.1) is 0 Å². The molecule has 0 fully saturated rings. The molecule has 0 aliphatic heterocycles. The Balaban J connectivity index is 2.03. The lowest BCUT2D eigenvalue weighted by Gasteiger charge is -2.19. The van der Waals surface area contributed by atoms with Gasteiger partial charge in [0.15, 0.2) is 0 Å². The zero-order valence-corrected chi connectivity index (χ0v) is 12.0. The number of benzene rings is 2. The molecule has 0 bridgehead atoms. The summed E-state index contributed by atoms with van der Waals surface area (Å²) in [6.45, 7) is 3.84. The number of ether oxygens (including phenoxy) is 1. The predicted octanol–water partition coefficient (Wildman–Crippen LogP) is 2.97. The number of rotatable bonds is 8. The van der Waals surface area contributed by atoms with Crippen LogP contribution in [0.1, 0.15) is 19.8 Å². The second-order valence-corrected chi connectivity index (χ2v) is 4.95. The molecule has 0 amide bonds. The highest BCUT2D eigenvalue weighted by Gasteiger charge is 2.09. The fourth-order valence-corrected chi connectivity index (χ4v) is 2.26. The highest BCUT2D eigenvalue weighted by Crippen LogP contribution is 2.25. The molecule has 0 saturated heterocycles. The number of hydrogen-bond donors (Lipinski definition) is 2. The first-order valence-corrected chi connectivity index (χ1v) is 7.30. The maximum absolute atomic E-state index is 9.11. The molecule has 2 aromatic rings. The van der Waals surface area contributed by atoms with Crippen molar-refractivity contribution in [2.24, 2.45) is 0 Å². The summed E-state index contributed by atoms with van der Waals surface area (Å²) in [4.78, 5) is 0. The first-order valence-electron chi connectivity index (χ1n) is 7.30. The maximum Gasteiger partial charge on any atom is 0.127 e. The summed E-state index contributed by atoms with van der Waals surface area (Å²) in [6.07, 6.45) is 1.79. The van der Waals surface area contributed by atoms with Gasteiger partial charge in [0.25, 0.3) is 0 Å². The molecule has 0 aliphatic carbocycles.